The van der Waals surface area contributed by atoms with E-state index in [1.807, 2.05) is 0 Å². The Hall–Kier alpha value is -1.10. The first-order valence-corrected chi connectivity index (χ1v) is 2.51. The maximum atomic E-state index is 10.4. The van der Waals surface area contributed by atoms with Crippen LogP contribution >= 0.6 is 0 Å². The van der Waals surface area contributed by atoms with Crippen molar-refractivity contribution in [1.29, 1.82) is 5.41 Å². The first kappa shape index (κ1) is 6.03. The van der Waals surface area contributed by atoms with Crippen LogP contribution in [0.25, 0.3) is 0 Å². The van der Waals surface area contributed by atoms with Crippen LogP contribution < -0.4 is 10.6 Å². The molecule has 1 unspecified atom stereocenters. The molecule has 5 nitrogen and oxygen atoms in total. The summed E-state index contributed by atoms with van der Waals surface area (Å²) in [6.45, 7) is 0. The van der Waals surface area contributed by atoms with E-state index in [9.17, 15) is 4.79 Å². The van der Waals surface area contributed by atoms with Crippen molar-refractivity contribution in [2.75, 3.05) is 0 Å². The molecule has 1 atom stereocenters. The van der Waals surface area contributed by atoms with Crippen LogP contribution in [0.15, 0.2) is 0 Å². The van der Waals surface area contributed by atoms with Crippen LogP contribution in [0.2, 0.25) is 0 Å². The normalized spacial score (nSPS) is 27.0. The molecule has 1 rings (SSSR count). The van der Waals surface area contributed by atoms with Crippen molar-refractivity contribution in [3.05, 3.63) is 0 Å². The van der Waals surface area contributed by atoms with Gasteiger partial charge in [-0.2, -0.15) is 0 Å². The quantitative estimate of drug-likeness (QED) is 0.337. The average molecular weight is 129 g/mol. The number of hydrogen-bond acceptors (Lipinski definition) is 3. The van der Waals surface area contributed by atoms with Gasteiger partial charge in [0.1, 0.15) is 12.1 Å². The summed E-state index contributed by atoms with van der Waals surface area (Å²) in [6.07, 6.45) is -0.739. The number of carbonyl (C=O) groups excluding carboxylic acids is 1. The van der Waals surface area contributed by atoms with E-state index in [1.165, 1.54) is 0 Å². The predicted molar refractivity (Wildman–Crippen MR) is 30.0 cm³/mol. The van der Waals surface area contributed by atoms with E-state index in [0.717, 1.165) is 0 Å². The molecule has 0 saturated carbocycles. The Morgan fingerprint density at radius 2 is 2.44 bits per heavy atom. The van der Waals surface area contributed by atoms with Crippen molar-refractivity contribution >= 4 is 11.9 Å². The van der Waals surface area contributed by atoms with Gasteiger partial charge in [-0.1, -0.05) is 0 Å². The van der Waals surface area contributed by atoms with Gasteiger partial charge in [0.2, 0.25) is 0 Å². The molecule has 1 aliphatic rings. The Balaban J connectivity index is 2.53. The van der Waals surface area contributed by atoms with E-state index in [0.29, 0.717) is 0 Å². The molecular weight excluding hydrogens is 122 g/mol. The third kappa shape index (κ3) is 1.39. The molecule has 50 valence electrons. The van der Waals surface area contributed by atoms with Crippen molar-refractivity contribution in [2.24, 2.45) is 0 Å². The zero-order valence-electron chi connectivity index (χ0n) is 4.64. The standard InChI is InChI=1S/C4H7N3O2/c5-2-1-3(8)7-4(9)6-2/h3,8H,1H2,(H3,5,6,7,9). The summed E-state index contributed by atoms with van der Waals surface area (Å²) in [5.41, 5.74) is 0. The fraction of sp³-hybridized carbons (Fsp3) is 0.500. The van der Waals surface area contributed by atoms with Gasteiger partial charge in [0, 0.05) is 6.42 Å². The van der Waals surface area contributed by atoms with Gasteiger partial charge in [0.05, 0.1) is 0 Å². The minimum absolute atomic E-state index is 0.0475. The smallest absolute Gasteiger partial charge is 0.322 e. The Bertz CT molecular complexity index is 140. The first-order valence-electron chi connectivity index (χ1n) is 2.51. The molecule has 1 saturated heterocycles. The lowest BCUT2D eigenvalue weighted by Gasteiger charge is -2.19. The van der Waals surface area contributed by atoms with Crippen LogP contribution in [0.4, 0.5) is 4.79 Å². The minimum atomic E-state index is -0.897. The molecule has 0 aromatic heterocycles. The largest absolute Gasteiger partial charge is 0.373 e. The third-order valence-corrected chi connectivity index (χ3v) is 0.960. The maximum absolute atomic E-state index is 10.4. The lowest BCUT2D eigenvalue weighted by atomic mass is 10.3. The average Bonchev–Trinajstić information content (AvgIpc) is 1.59. The number of hydrogen-bond donors (Lipinski definition) is 4. The van der Waals surface area contributed by atoms with E-state index in [2.05, 4.69) is 10.6 Å². The molecule has 5 heteroatoms. The van der Waals surface area contributed by atoms with E-state index >= 15 is 0 Å². The molecule has 0 aliphatic carbocycles. The topological polar surface area (TPSA) is 85.2 Å². The van der Waals surface area contributed by atoms with E-state index in [1.54, 1.807) is 0 Å². The van der Waals surface area contributed by atoms with E-state index in [-0.39, 0.29) is 12.3 Å². The number of rotatable bonds is 0. The van der Waals surface area contributed by atoms with Crippen LogP contribution in [0.5, 0.6) is 0 Å². The van der Waals surface area contributed by atoms with Crippen molar-refractivity contribution in [1.82, 2.24) is 10.6 Å². The predicted octanol–water partition coefficient (Wildman–Crippen LogP) is -1.02. The minimum Gasteiger partial charge on any atom is -0.373 e. The molecule has 9 heavy (non-hydrogen) atoms. The molecule has 0 bridgehead atoms. The van der Waals surface area contributed by atoms with Gasteiger partial charge in [-0.3, -0.25) is 10.7 Å². The number of amidine groups is 1. The summed E-state index contributed by atoms with van der Waals surface area (Å²) < 4.78 is 0. The van der Waals surface area contributed by atoms with Gasteiger partial charge in [-0.05, 0) is 0 Å². The van der Waals surface area contributed by atoms with Crippen molar-refractivity contribution < 1.29 is 9.90 Å². The molecule has 1 aliphatic heterocycles. The zero-order valence-corrected chi connectivity index (χ0v) is 4.64. The highest BCUT2D eigenvalue weighted by Gasteiger charge is 2.17. The third-order valence-electron chi connectivity index (χ3n) is 0.960. The highest BCUT2D eigenvalue weighted by atomic mass is 16.3. The number of nitrogens with one attached hydrogen (secondary N) is 3. The van der Waals surface area contributed by atoms with Gasteiger partial charge in [-0.15, -0.1) is 0 Å². The maximum Gasteiger partial charge on any atom is 0.322 e. The monoisotopic (exact) mass is 129 g/mol. The van der Waals surface area contributed by atoms with Gasteiger partial charge in [0.15, 0.2) is 0 Å². The molecular formula is C4H7N3O2. The lowest BCUT2D eigenvalue weighted by molar-refractivity contribution is 0.141. The second-order valence-corrected chi connectivity index (χ2v) is 1.80. The number of carbonyl (C=O) groups is 1. The van der Waals surface area contributed by atoms with Crippen molar-refractivity contribution in [3.63, 3.8) is 0 Å². The highest BCUT2D eigenvalue weighted by Crippen LogP contribution is 1.92. The van der Waals surface area contributed by atoms with Crippen LogP contribution in [0.3, 0.4) is 0 Å². The molecule has 1 heterocycles. The van der Waals surface area contributed by atoms with Crippen LogP contribution in [-0.2, 0) is 0 Å². The van der Waals surface area contributed by atoms with Gasteiger partial charge < -0.3 is 10.4 Å². The highest BCUT2D eigenvalue weighted by molar-refractivity contribution is 5.98. The number of amides is 2. The second kappa shape index (κ2) is 2.02. The summed E-state index contributed by atoms with van der Waals surface area (Å²) in [4.78, 5) is 10.4. The number of aliphatic hydroxyl groups is 1. The van der Waals surface area contributed by atoms with E-state index in [4.69, 9.17) is 10.5 Å². The summed E-state index contributed by atoms with van der Waals surface area (Å²) >= 11 is 0. The molecule has 0 aromatic carbocycles. The Labute approximate surface area is 51.6 Å². The van der Waals surface area contributed by atoms with Crippen LogP contribution in [0.1, 0.15) is 6.42 Å². The number of urea groups is 1. The van der Waals surface area contributed by atoms with Gasteiger partial charge in [0.25, 0.3) is 0 Å². The SMILES string of the molecule is N=C1CC(O)NC(=O)N1. The molecule has 0 radical (unpaired) electrons. The summed E-state index contributed by atoms with van der Waals surface area (Å²) in [6, 6.07) is -0.515. The Morgan fingerprint density at radius 1 is 1.78 bits per heavy atom. The zero-order chi connectivity index (χ0) is 6.85. The molecule has 1 fully saturated rings. The van der Waals surface area contributed by atoms with Crippen LogP contribution in [0, 0.1) is 5.41 Å². The van der Waals surface area contributed by atoms with Crippen molar-refractivity contribution in [3.8, 4) is 0 Å². The summed E-state index contributed by atoms with van der Waals surface area (Å²) in [5, 5.41) is 20.0. The fourth-order valence-electron chi connectivity index (χ4n) is 0.620. The summed E-state index contributed by atoms with van der Waals surface area (Å²) in [5.74, 6) is 0.0475. The second-order valence-electron chi connectivity index (χ2n) is 1.80. The molecule has 0 spiro atoms. The fourth-order valence-corrected chi connectivity index (χ4v) is 0.620. The van der Waals surface area contributed by atoms with Gasteiger partial charge >= 0.3 is 6.03 Å². The van der Waals surface area contributed by atoms with Crippen molar-refractivity contribution in [2.45, 2.75) is 12.6 Å². The summed E-state index contributed by atoms with van der Waals surface area (Å²) in [7, 11) is 0. The van der Waals surface area contributed by atoms with E-state index < -0.39 is 12.3 Å². The lowest BCUT2D eigenvalue weighted by Crippen LogP contribution is -2.51. The molecule has 2 amide bonds. The first-order chi connectivity index (χ1) is 4.18. The Morgan fingerprint density at radius 3 is 2.89 bits per heavy atom. The Kier molecular flexibility index (Phi) is 1.35. The van der Waals surface area contributed by atoms with Crippen LogP contribution in [-0.4, -0.2) is 23.2 Å². The van der Waals surface area contributed by atoms with Gasteiger partial charge in [-0.25, -0.2) is 4.79 Å². The number of aliphatic hydroxyl groups excluding tert-OH is 1. The molecule has 0 aromatic rings. The molecule has 4 N–H and O–H groups in total.